The number of rotatable bonds is 4. The van der Waals surface area contributed by atoms with Crippen LogP contribution < -0.4 is 5.43 Å². The molecular formula is C16H19N5O3. The number of amides is 1. The van der Waals surface area contributed by atoms with Gasteiger partial charge in [-0.25, -0.2) is 5.43 Å². The molecule has 0 atom stereocenters. The van der Waals surface area contributed by atoms with Crippen LogP contribution in [0.25, 0.3) is 0 Å². The van der Waals surface area contributed by atoms with Gasteiger partial charge in [0.1, 0.15) is 0 Å². The second-order valence-corrected chi connectivity index (χ2v) is 6.36. The topological polar surface area (TPSA) is 113 Å². The molecule has 2 rings (SSSR count). The van der Waals surface area contributed by atoms with Gasteiger partial charge in [0.05, 0.1) is 10.6 Å². The van der Waals surface area contributed by atoms with E-state index in [-0.39, 0.29) is 16.8 Å². The van der Waals surface area contributed by atoms with Gasteiger partial charge in [-0.2, -0.15) is 10.2 Å². The van der Waals surface area contributed by atoms with E-state index in [2.05, 4.69) is 20.7 Å². The summed E-state index contributed by atoms with van der Waals surface area (Å²) < 4.78 is 0. The van der Waals surface area contributed by atoms with Gasteiger partial charge in [-0.1, -0.05) is 20.8 Å². The standard InChI is InChI=1S/C16H19N5O3/c1-10(11-5-7-12(8-6-11)21(23)24)17-20-15(22)13-9-14(19-18-13)16(2,3)4/h5-9H,1-4H3,(H,18,19)(H,20,22)/b17-10+. The molecule has 0 saturated carbocycles. The predicted octanol–water partition coefficient (Wildman–Crippen LogP) is 2.77. The van der Waals surface area contributed by atoms with Crippen molar-refractivity contribution in [3.8, 4) is 0 Å². The Balaban J connectivity index is 2.07. The molecule has 0 saturated heterocycles. The molecule has 0 aliphatic carbocycles. The monoisotopic (exact) mass is 329 g/mol. The summed E-state index contributed by atoms with van der Waals surface area (Å²) in [7, 11) is 0. The summed E-state index contributed by atoms with van der Waals surface area (Å²) in [5.74, 6) is -0.428. The third-order valence-corrected chi connectivity index (χ3v) is 3.44. The van der Waals surface area contributed by atoms with Crippen molar-refractivity contribution in [2.45, 2.75) is 33.1 Å². The number of aromatic amines is 1. The first kappa shape index (κ1) is 17.3. The molecule has 0 radical (unpaired) electrons. The lowest BCUT2D eigenvalue weighted by Gasteiger charge is -2.14. The van der Waals surface area contributed by atoms with Gasteiger partial charge in [-0.3, -0.25) is 20.0 Å². The molecule has 1 aromatic carbocycles. The fourth-order valence-electron chi connectivity index (χ4n) is 1.90. The van der Waals surface area contributed by atoms with Gasteiger partial charge < -0.3 is 0 Å². The number of hydrogen-bond acceptors (Lipinski definition) is 5. The Morgan fingerprint density at radius 1 is 1.29 bits per heavy atom. The molecule has 0 fully saturated rings. The zero-order chi connectivity index (χ0) is 17.9. The predicted molar refractivity (Wildman–Crippen MR) is 90.1 cm³/mol. The Morgan fingerprint density at radius 2 is 1.92 bits per heavy atom. The molecule has 24 heavy (non-hydrogen) atoms. The molecular weight excluding hydrogens is 310 g/mol. The van der Waals surface area contributed by atoms with E-state index in [0.717, 1.165) is 5.69 Å². The number of non-ortho nitro benzene ring substituents is 1. The van der Waals surface area contributed by atoms with E-state index in [1.165, 1.54) is 12.1 Å². The highest BCUT2D eigenvalue weighted by molar-refractivity contribution is 6.00. The fourth-order valence-corrected chi connectivity index (χ4v) is 1.90. The molecule has 0 unspecified atom stereocenters. The van der Waals surface area contributed by atoms with Gasteiger partial charge >= 0.3 is 0 Å². The van der Waals surface area contributed by atoms with E-state index in [1.54, 1.807) is 25.1 Å². The minimum atomic E-state index is -0.470. The van der Waals surface area contributed by atoms with Gasteiger partial charge in [0.25, 0.3) is 11.6 Å². The average molecular weight is 329 g/mol. The molecule has 1 amide bonds. The Labute approximate surface area is 139 Å². The molecule has 1 aromatic heterocycles. The second kappa shape index (κ2) is 6.61. The highest BCUT2D eigenvalue weighted by atomic mass is 16.6. The van der Waals surface area contributed by atoms with Crippen molar-refractivity contribution in [3.63, 3.8) is 0 Å². The number of nitro groups is 1. The lowest BCUT2D eigenvalue weighted by Crippen LogP contribution is -2.19. The van der Waals surface area contributed by atoms with Crippen LogP contribution in [0.1, 0.15) is 49.4 Å². The number of carbonyl (C=O) groups excluding carboxylic acids is 1. The summed E-state index contributed by atoms with van der Waals surface area (Å²) in [4.78, 5) is 22.2. The summed E-state index contributed by atoms with van der Waals surface area (Å²) in [5, 5.41) is 21.5. The Kier molecular flexibility index (Phi) is 4.77. The molecule has 1 heterocycles. The van der Waals surface area contributed by atoms with Crippen LogP contribution in [-0.4, -0.2) is 26.7 Å². The number of hydrogen-bond donors (Lipinski definition) is 2. The maximum Gasteiger partial charge on any atom is 0.291 e. The quantitative estimate of drug-likeness (QED) is 0.510. The Bertz CT molecular complexity index is 785. The largest absolute Gasteiger partial charge is 0.291 e. The van der Waals surface area contributed by atoms with Crippen LogP contribution in [0, 0.1) is 10.1 Å². The molecule has 126 valence electrons. The number of carbonyl (C=O) groups is 1. The van der Waals surface area contributed by atoms with E-state index in [4.69, 9.17) is 0 Å². The van der Waals surface area contributed by atoms with Gasteiger partial charge in [0.2, 0.25) is 0 Å². The summed E-state index contributed by atoms with van der Waals surface area (Å²) in [6.45, 7) is 7.74. The number of nitrogens with zero attached hydrogens (tertiary/aromatic N) is 3. The lowest BCUT2D eigenvalue weighted by atomic mass is 9.92. The van der Waals surface area contributed by atoms with Gasteiger partial charge in [-0.05, 0) is 30.7 Å². The fraction of sp³-hybridized carbons (Fsp3) is 0.312. The van der Waals surface area contributed by atoms with Gasteiger partial charge in [-0.15, -0.1) is 0 Å². The first-order valence-corrected chi connectivity index (χ1v) is 7.34. The second-order valence-electron chi connectivity index (χ2n) is 6.36. The molecule has 0 aliphatic heterocycles. The molecule has 0 spiro atoms. The molecule has 0 aliphatic rings. The first-order valence-electron chi connectivity index (χ1n) is 7.34. The van der Waals surface area contributed by atoms with E-state index >= 15 is 0 Å². The molecule has 2 N–H and O–H groups in total. The van der Waals surface area contributed by atoms with E-state index in [0.29, 0.717) is 11.3 Å². The van der Waals surface area contributed by atoms with Crippen LogP contribution in [0.5, 0.6) is 0 Å². The summed E-state index contributed by atoms with van der Waals surface area (Å²) in [6.07, 6.45) is 0. The third kappa shape index (κ3) is 4.03. The zero-order valence-corrected chi connectivity index (χ0v) is 14.0. The van der Waals surface area contributed by atoms with Crippen LogP contribution in [0.4, 0.5) is 5.69 Å². The highest BCUT2D eigenvalue weighted by Gasteiger charge is 2.19. The number of aromatic nitrogens is 2. The van der Waals surface area contributed by atoms with Crippen molar-refractivity contribution in [2.75, 3.05) is 0 Å². The van der Waals surface area contributed by atoms with Crippen LogP contribution in [0.2, 0.25) is 0 Å². The smallest absolute Gasteiger partial charge is 0.281 e. The van der Waals surface area contributed by atoms with Crippen molar-refractivity contribution in [2.24, 2.45) is 5.10 Å². The minimum Gasteiger partial charge on any atom is -0.281 e. The average Bonchev–Trinajstić information content (AvgIpc) is 3.02. The van der Waals surface area contributed by atoms with E-state index in [1.807, 2.05) is 20.8 Å². The summed E-state index contributed by atoms with van der Waals surface area (Å²) in [6, 6.07) is 7.62. The number of benzene rings is 1. The van der Waals surface area contributed by atoms with E-state index in [9.17, 15) is 14.9 Å². The van der Waals surface area contributed by atoms with E-state index < -0.39 is 10.8 Å². The van der Waals surface area contributed by atoms with Crippen molar-refractivity contribution in [3.05, 3.63) is 57.4 Å². The number of hydrazone groups is 1. The third-order valence-electron chi connectivity index (χ3n) is 3.44. The molecule has 8 heteroatoms. The van der Waals surface area contributed by atoms with Crippen LogP contribution in [0.15, 0.2) is 35.4 Å². The van der Waals surface area contributed by atoms with Crippen molar-refractivity contribution in [1.82, 2.24) is 15.6 Å². The molecule has 0 bridgehead atoms. The van der Waals surface area contributed by atoms with Gasteiger partial charge in [0.15, 0.2) is 5.69 Å². The Morgan fingerprint density at radius 3 is 2.42 bits per heavy atom. The van der Waals surface area contributed by atoms with Crippen LogP contribution in [-0.2, 0) is 5.41 Å². The van der Waals surface area contributed by atoms with Crippen LogP contribution >= 0.6 is 0 Å². The lowest BCUT2D eigenvalue weighted by molar-refractivity contribution is -0.384. The summed E-state index contributed by atoms with van der Waals surface area (Å²) >= 11 is 0. The van der Waals surface area contributed by atoms with Gasteiger partial charge in [0, 0.05) is 23.2 Å². The SMILES string of the molecule is C/C(=N\NC(=O)c1cc(C(C)(C)C)[nH]n1)c1ccc([N+](=O)[O-])cc1. The zero-order valence-electron chi connectivity index (χ0n) is 14.0. The molecule has 8 nitrogen and oxygen atoms in total. The van der Waals surface area contributed by atoms with Crippen molar-refractivity contribution < 1.29 is 9.72 Å². The number of H-pyrrole nitrogens is 1. The number of nitro benzene ring substituents is 1. The first-order chi connectivity index (χ1) is 11.2. The summed E-state index contributed by atoms with van der Waals surface area (Å²) in [5.41, 5.74) is 4.61. The van der Waals surface area contributed by atoms with Crippen molar-refractivity contribution >= 4 is 17.3 Å². The maximum absolute atomic E-state index is 12.1. The normalized spacial score (nSPS) is 12.1. The maximum atomic E-state index is 12.1. The van der Waals surface area contributed by atoms with Crippen LogP contribution in [0.3, 0.4) is 0 Å². The minimum absolute atomic E-state index is 0.00168. The molecule has 2 aromatic rings. The Hall–Kier alpha value is -3.03. The van der Waals surface area contributed by atoms with Crippen molar-refractivity contribution in [1.29, 1.82) is 0 Å². The highest BCUT2D eigenvalue weighted by Crippen LogP contribution is 2.20. The number of nitrogens with one attached hydrogen (secondary N) is 2.